The number of rotatable bonds is 9. The Hall–Kier alpha value is -8.21. The number of nitrogens with one attached hydrogen (secondary N) is 2. The fourth-order valence-electron chi connectivity index (χ4n) is 7.99. The molecule has 8 aromatic carbocycles. The van der Waals surface area contributed by atoms with Crippen molar-refractivity contribution in [2.45, 2.75) is 0 Å². The zero-order chi connectivity index (χ0) is 41.0. The molecule has 10 rings (SSSR count). The maximum Gasteiger partial charge on any atom is 0.160 e. The van der Waals surface area contributed by atoms with Crippen LogP contribution in [0.1, 0.15) is 27.8 Å². The monoisotopic (exact) mass is 780 g/mol. The van der Waals surface area contributed by atoms with Crippen LogP contribution in [0.3, 0.4) is 0 Å². The molecule has 0 amide bonds. The summed E-state index contributed by atoms with van der Waals surface area (Å²) in [6, 6.07) is 77.2. The molecular formula is C57H40N4. The molecule has 1 aliphatic heterocycles. The van der Waals surface area contributed by atoms with E-state index in [1.165, 1.54) is 0 Å². The van der Waals surface area contributed by atoms with Crippen LogP contribution in [0.2, 0.25) is 0 Å². The highest BCUT2D eigenvalue weighted by Crippen LogP contribution is 2.39. The van der Waals surface area contributed by atoms with E-state index < -0.39 is 0 Å². The molecule has 0 unspecified atom stereocenters. The smallest absolute Gasteiger partial charge is 0.160 e. The Kier molecular flexibility index (Phi) is 10.1. The number of nitrogens with zero attached hydrogens (tertiary/aromatic N) is 2. The average molecular weight is 781 g/mol. The van der Waals surface area contributed by atoms with Gasteiger partial charge in [-0.25, -0.2) is 9.97 Å². The van der Waals surface area contributed by atoms with Crippen molar-refractivity contribution >= 4 is 28.8 Å². The van der Waals surface area contributed by atoms with Crippen LogP contribution in [0.25, 0.3) is 79.2 Å². The van der Waals surface area contributed by atoms with Crippen molar-refractivity contribution in [3.8, 4) is 56.2 Å². The summed E-state index contributed by atoms with van der Waals surface area (Å²) in [6.07, 6.45) is 2.21. The standard InChI is InChI=1S/C57H40N4/c58-55(45-25-14-5-15-26-45)54(44-23-12-4-13-24-44)56-50-36-47(33-34-48(50)37-51(59-56)41-17-6-1-7-18-41)40-31-29-39(30-32-40)46-27-16-28-49(35-46)57-60-52(42-19-8-2-9-20-42)38-53(61-57)43-21-10-3-11-22-43/h1-38,58-59H/b56-54-,58-55?. The predicted molar refractivity (Wildman–Crippen MR) is 253 cm³/mol. The van der Waals surface area contributed by atoms with Gasteiger partial charge in [0.2, 0.25) is 0 Å². The van der Waals surface area contributed by atoms with Gasteiger partial charge in [-0.1, -0.05) is 206 Å². The topological polar surface area (TPSA) is 61.7 Å². The van der Waals surface area contributed by atoms with Gasteiger partial charge in [0.1, 0.15) is 0 Å². The minimum Gasteiger partial charge on any atom is -0.354 e. The maximum atomic E-state index is 9.64. The van der Waals surface area contributed by atoms with Gasteiger partial charge in [-0.15, -0.1) is 0 Å². The van der Waals surface area contributed by atoms with Crippen LogP contribution in [0.5, 0.6) is 0 Å². The van der Waals surface area contributed by atoms with Gasteiger partial charge in [0.05, 0.1) is 22.8 Å². The zero-order valence-electron chi connectivity index (χ0n) is 33.3. The van der Waals surface area contributed by atoms with Crippen molar-refractivity contribution in [1.82, 2.24) is 15.3 Å². The molecule has 9 aromatic rings. The van der Waals surface area contributed by atoms with E-state index in [1.807, 2.05) is 91.0 Å². The fourth-order valence-corrected chi connectivity index (χ4v) is 7.99. The number of hydrogen-bond acceptors (Lipinski definition) is 4. The third-order valence-electron chi connectivity index (χ3n) is 11.1. The Labute approximate surface area is 356 Å². The molecule has 288 valence electrons. The summed E-state index contributed by atoms with van der Waals surface area (Å²) in [5.74, 6) is 0.685. The first-order chi connectivity index (χ1) is 30.1. The van der Waals surface area contributed by atoms with Gasteiger partial charge >= 0.3 is 0 Å². The molecule has 2 N–H and O–H groups in total. The number of aromatic nitrogens is 2. The maximum absolute atomic E-state index is 9.64. The van der Waals surface area contributed by atoms with Gasteiger partial charge in [-0.05, 0) is 63.2 Å². The summed E-state index contributed by atoms with van der Waals surface area (Å²) in [5.41, 5.74) is 17.5. The summed E-state index contributed by atoms with van der Waals surface area (Å²) in [6.45, 7) is 0. The van der Waals surface area contributed by atoms with E-state index in [4.69, 9.17) is 9.97 Å². The number of benzene rings is 8. The molecule has 0 fully saturated rings. The van der Waals surface area contributed by atoms with Crippen LogP contribution in [0.15, 0.2) is 224 Å². The van der Waals surface area contributed by atoms with Crippen molar-refractivity contribution in [3.63, 3.8) is 0 Å². The van der Waals surface area contributed by atoms with E-state index in [0.717, 1.165) is 95.1 Å². The fraction of sp³-hybridized carbons (Fsp3) is 0. The third kappa shape index (κ3) is 7.74. The molecule has 61 heavy (non-hydrogen) atoms. The minimum absolute atomic E-state index is 0.458. The lowest BCUT2D eigenvalue weighted by Gasteiger charge is -2.27. The molecule has 0 atom stereocenters. The second kappa shape index (κ2) is 16.6. The highest BCUT2D eigenvalue weighted by Gasteiger charge is 2.24. The molecule has 1 aromatic heterocycles. The van der Waals surface area contributed by atoms with Crippen LogP contribution in [-0.2, 0) is 0 Å². The van der Waals surface area contributed by atoms with Gasteiger partial charge in [0.25, 0.3) is 0 Å². The summed E-state index contributed by atoms with van der Waals surface area (Å²) >= 11 is 0. The van der Waals surface area contributed by atoms with Crippen LogP contribution >= 0.6 is 0 Å². The summed E-state index contributed by atoms with van der Waals surface area (Å²) in [5, 5.41) is 13.5. The van der Waals surface area contributed by atoms with Gasteiger partial charge < -0.3 is 5.32 Å². The number of hydrogen-bond donors (Lipinski definition) is 2. The Morgan fingerprint density at radius 3 is 1.41 bits per heavy atom. The lowest BCUT2D eigenvalue weighted by Crippen LogP contribution is -2.20. The lowest BCUT2D eigenvalue weighted by atomic mass is 9.86. The summed E-state index contributed by atoms with van der Waals surface area (Å²) in [7, 11) is 0. The quantitative estimate of drug-likeness (QED) is 0.143. The van der Waals surface area contributed by atoms with E-state index in [0.29, 0.717) is 11.5 Å². The third-order valence-corrected chi connectivity index (χ3v) is 11.1. The highest BCUT2D eigenvalue weighted by molar-refractivity contribution is 6.36. The Balaban J connectivity index is 1.03. The second-order valence-electron chi connectivity index (χ2n) is 15.1. The Morgan fingerprint density at radius 2 is 0.836 bits per heavy atom. The van der Waals surface area contributed by atoms with Gasteiger partial charge in [0, 0.05) is 39.1 Å². The average Bonchev–Trinajstić information content (AvgIpc) is 3.35. The number of fused-ring (bicyclic) bond motifs is 1. The van der Waals surface area contributed by atoms with Crippen LogP contribution in [-0.4, -0.2) is 15.7 Å². The molecule has 2 heterocycles. The van der Waals surface area contributed by atoms with Crippen molar-refractivity contribution in [2.75, 3.05) is 0 Å². The Bertz CT molecular complexity index is 3010. The number of allylic oxidation sites excluding steroid dienone is 1. The molecule has 0 aliphatic carbocycles. The first kappa shape index (κ1) is 37.1. The van der Waals surface area contributed by atoms with E-state index in [2.05, 4.69) is 145 Å². The first-order valence-electron chi connectivity index (χ1n) is 20.5. The van der Waals surface area contributed by atoms with E-state index in [1.54, 1.807) is 0 Å². The molecule has 0 saturated heterocycles. The zero-order valence-corrected chi connectivity index (χ0v) is 33.3. The Morgan fingerprint density at radius 1 is 0.377 bits per heavy atom. The normalized spacial score (nSPS) is 12.8. The van der Waals surface area contributed by atoms with Gasteiger partial charge in [-0.2, -0.15) is 0 Å². The van der Waals surface area contributed by atoms with Crippen LogP contribution < -0.4 is 5.32 Å². The minimum atomic E-state index is 0.458. The van der Waals surface area contributed by atoms with Crippen molar-refractivity contribution in [2.24, 2.45) is 0 Å². The largest absolute Gasteiger partial charge is 0.354 e. The molecular weight excluding hydrogens is 741 g/mol. The summed E-state index contributed by atoms with van der Waals surface area (Å²) in [4.78, 5) is 10.1. The molecule has 4 nitrogen and oxygen atoms in total. The van der Waals surface area contributed by atoms with Gasteiger partial charge in [0.15, 0.2) is 5.82 Å². The first-order valence-corrected chi connectivity index (χ1v) is 20.5. The molecule has 0 saturated carbocycles. The van der Waals surface area contributed by atoms with E-state index in [-0.39, 0.29) is 0 Å². The van der Waals surface area contributed by atoms with E-state index >= 15 is 0 Å². The molecule has 4 heteroatoms. The molecule has 1 aliphatic rings. The van der Waals surface area contributed by atoms with Crippen molar-refractivity contribution in [3.05, 3.63) is 252 Å². The van der Waals surface area contributed by atoms with Gasteiger partial charge in [-0.3, -0.25) is 5.41 Å². The SMILES string of the molecule is N=C(/C(=C1\NC(c2ccccc2)=Cc2ccc(-c3ccc(-c4cccc(-c5nc(-c6ccccc6)cc(-c6ccccc6)n5)c4)cc3)cc21)c1ccccc1)c1ccccc1. The lowest BCUT2D eigenvalue weighted by molar-refractivity contribution is 1.18. The predicted octanol–water partition coefficient (Wildman–Crippen LogP) is 13.8. The van der Waals surface area contributed by atoms with Crippen molar-refractivity contribution < 1.29 is 0 Å². The second-order valence-corrected chi connectivity index (χ2v) is 15.1. The highest BCUT2D eigenvalue weighted by atomic mass is 14.9. The van der Waals surface area contributed by atoms with E-state index in [9.17, 15) is 5.41 Å². The molecule has 0 bridgehead atoms. The molecule has 0 spiro atoms. The van der Waals surface area contributed by atoms with Crippen molar-refractivity contribution in [1.29, 1.82) is 5.41 Å². The summed E-state index contributed by atoms with van der Waals surface area (Å²) < 4.78 is 0. The van der Waals surface area contributed by atoms with Crippen LogP contribution in [0.4, 0.5) is 0 Å². The van der Waals surface area contributed by atoms with Crippen LogP contribution in [0, 0.1) is 5.41 Å². The molecule has 0 radical (unpaired) electrons.